The number of rotatable bonds is 3. The minimum absolute atomic E-state index is 0.0706. The third kappa shape index (κ3) is 3.58. The van der Waals surface area contributed by atoms with Crippen molar-refractivity contribution in [1.82, 2.24) is 0 Å². The van der Waals surface area contributed by atoms with Crippen molar-refractivity contribution in [2.45, 2.75) is 12.5 Å². The van der Waals surface area contributed by atoms with Crippen LogP contribution < -0.4 is 5.73 Å². The van der Waals surface area contributed by atoms with Gasteiger partial charge in [-0.3, -0.25) is 0 Å². The van der Waals surface area contributed by atoms with E-state index in [0.717, 1.165) is 20.9 Å². The Labute approximate surface area is 129 Å². The van der Waals surface area contributed by atoms with E-state index >= 15 is 0 Å². The highest BCUT2D eigenvalue weighted by molar-refractivity contribution is 9.10. The normalized spacial score (nSPS) is 12.4. The van der Waals surface area contributed by atoms with Gasteiger partial charge in [-0.25, -0.2) is 0 Å². The maximum atomic E-state index is 6.23. The molecule has 0 heterocycles. The van der Waals surface area contributed by atoms with Crippen molar-refractivity contribution in [3.63, 3.8) is 0 Å². The molecule has 1 nitrogen and oxygen atoms in total. The van der Waals surface area contributed by atoms with Gasteiger partial charge in [0.15, 0.2) is 0 Å². The van der Waals surface area contributed by atoms with Gasteiger partial charge in [0.25, 0.3) is 0 Å². The fraction of sp³-hybridized carbons (Fsp3) is 0.143. The lowest BCUT2D eigenvalue weighted by Gasteiger charge is -2.14. The lowest BCUT2D eigenvalue weighted by atomic mass is 10.00. The Morgan fingerprint density at radius 1 is 1.11 bits per heavy atom. The summed E-state index contributed by atoms with van der Waals surface area (Å²) >= 11 is 13.0. The zero-order valence-corrected chi connectivity index (χ0v) is 13.5. The molecular weight excluding hydrogens is 377 g/mol. The molecule has 0 aliphatic carbocycles. The Balaban J connectivity index is 2.22. The molecule has 0 bridgehead atoms. The van der Waals surface area contributed by atoms with Gasteiger partial charge in [-0.05, 0) is 41.8 Å². The van der Waals surface area contributed by atoms with Gasteiger partial charge in [-0.2, -0.15) is 0 Å². The topological polar surface area (TPSA) is 26.0 Å². The third-order valence-electron chi connectivity index (χ3n) is 2.71. The number of nitrogens with two attached hydrogens (primary N) is 1. The van der Waals surface area contributed by atoms with E-state index in [1.165, 1.54) is 5.56 Å². The van der Waals surface area contributed by atoms with Crippen molar-refractivity contribution in [3.05, 3.63) is 67.6 Å². The van der Waals surface area contributed by atoms with Crippen LogP contribution in [0.4, 0.5) is 0 Å². The molecule has 1 atom stereocenters. The summed E-state index contributed by atoms with van der Waals surface area (Å²) in [6.45, 7) is 0. The summed E-state index contributed by atoms with van der Waals surface area (Å²) in [5.74, 6) is 0. The van der Waals surface area contributed by atoms with E-state index in [1.807, 2.05) is 36.4 Å². The second kappa shape index (κ2) is 6.20. The first-order valence-corrected chi connectivity index (χ1v) is 7.47. The fourth-order valence-corrected chi connectivity index (χ4v) is 3.14. The molecule has 0 saturated heterocycles. The zero-order valence-electron chi connectivity index (χ0n) is 9.54. The summed E-state index contributed by atoms with van der Waals surface area (Å²) in [4.78, 5) is 0. The summed E-state index contributed by atoms with van der Waals surface area (Å²) in [5, 5.41) is 0.696. The van der Waals surface area contributed by atoms with Gasteiger partial charge in [0, 0.05) is 20.0 Å². The molecular formula is C14H12Br2ClN. The Bertz CT molecular complexity index is 537. The average Bonchev–Trinajstić information content (AvgIpc) is 2.31. The second-order valence-corrected chi connectivity index (χ2v) is 6.31. The summed E-state index contributed by atoms with van der Waals surface area (Å²) in [5.41, 5.74) is 8.46. The van der Waals surface area contributed by atoms with E-state index in [-0.39, 0.29) is 6.04 Å². The van der Waals surface area contributed by atoms with E-state index < -0.39 is 0 Å². The van der Waals surface area contributed by atoms with Crippen LogP contribution in [0.25, 0.3) is 0 Å². The smallest absolute Gasteiger partial charge is 0.0420 e. The van der Waals surface area contributed by atoms with Gasteiger partial charge < -0.3 is 5.73 Å². The number of hydrogen-bond donors (Lipinski definition) is 1. The van der Waals surface area contributed by atoms with Crippen LogP contribution in [0.2, 0.25) is 5.02 Å². The summed E-state index contributed by atoms with van der Waals surface area (Å²) in [6.07, 6.45) is 0.772. The third-order valence-corrected chi connectivity index (χ3v) is 4.16. The molecule has 1 unspecified atom stereocenters. The maximum Gasteiger partial charge on any atom is 0.0420 e. The van der Waals surface area contributed by atoms with Crippen LogP contribution in [-0.4, -0.2) is 0 Å². The van der Waals surface area contributed by atoms with Crippen molar-refractivity contribution < 1.29 is 0 Å². The molecule has 2 aromatic carbocycles. The first-order chi connectivity index (χ1) is 8.56. The molecule has 0 spiro atoms. The molecule has 0 amide bonds. The minimum atomic E-state index is -0.0706. The predicted octanol–water partition coefficient (Wildman–Crippen LogP) is 5.11. The van der Waals surface area contributed by atoms with Crippen LogP contribution in [0.1, 0.15) is 17.2 Å². The summed E-state index contributed by atoms with van der Waals surface area (Å²) < 4.78 is 2.04. The van der Waals surface area contributed by atoms with Crippen LogP contribution in [0.3, 0.4) is 0 Å². The average molecular weight is 390 g/mol. The van der Waals surface area contributed by atoms with Crippen molar-refractivity contribution in [2.24, 2.45) is 5.73 Å². The van der Waals surface area contributed by atoms with Crippen molar-refractivity contribution in [2.75, 3.05) is 0 Å². The second-order valence-electron chi connectivity index (χ2n) is 4.10. The van der Waals surface area contributed by atoms with Crippen LogP contribution in [0, 0.1) is 0 Å². The quantitative estimate of drug-likeness (QED) is 0.776. The molecule has 94 valence electrons. The standard InChI is InChI=1S/C14H12Br2ClN/c15-11-5-10(6-12(17)8-11)14(18)7-9-3-1-2-4-13(9)16/h1-6,8,14H,7,18H2. The van der Waals surface area contributed by atoms with Crippen molar-refractivity contribution in [3.8, 4) is 0 Å². The van der Waals surface area contributed by atoms with Gasteiger partial charge in [-0.1, -0.05) is 61.7 Å². The van der Waals surface area contributed by atoms with Gasteiger partial charge in [0.2, 0.25) is 0 Å². The lowest BCUT2D eigenvalue weighted by Crippen LogP contribution is -2.13. The highest BCUT2D eigenvalue weighted by Gasteiger charge is 2.10. The SMILES string of the molecule is NC(Cc1ccccc1Br)c1cc(Cl)cc(Br)c1. The van der Waals surface area contributed by atoms with Crippen LogP contribution >= 0.6 is 43.5 Å². The highest BCUT2D eigenvalue weighted by Crippen LogP contribution is 2.26. The lowest BCUT2D eigenvalue weighted by molar-refractivity contribution is 0.719. The molecule has 0 radical (unpaired) electrons. The molecule has 18 heavy (non-hydrogen) atoms. The first kappa shape index (κ1) is 14.1. The van der Waals surface area contributed by atoms with Crippen LogP contribution in [0.15, 0.2) is 51.4 Å². The Morgan fingerprint density at radius 3 is 2.50 bits per heavy atom. The summed E-state index contributed by atoms with van der Waals surface area (Å²) in [6, 6.07) is 13.8. The zero-order chi connectivity index (χ0) is 13.1. The monoisotopic (exact) mass is 387 g/mol. The molecule has 0 saturated carbocycles. The fourth-order valence-electron chi connectivity index (χ4n) is 1.81. The number of halogens is 3. The van der Waals surface area contributed by atoms with Crippen molar-refractivity contribution >= 4 is 43.5 Å². The molecule has 2 N–H and O–H groups in total. The molecule has 2 rings (SSSR count). The van der Waals surface area contributed by atoms with Gasteiger partial charge in [0.1, 0.15) is 0 Å². The molecule has 0 aliphatic heterocycles. The molecule has 2 aromatic rings. The molecule has 0 aromatic heterocycles. The van der Waals surface area contributed by atoms with E-state index in [1.54, 1.807) is 0 Å². The Hall–Kier alpha value is -0.350. The van der Waals surface area contributed by atoms with E-state index in [2.05, 4.69) is 37.9 Å². The van der Waals surface area contributed by atoms with E-state index in [4.69, 9.17) is 17.3 Å². The number of benzene rings is 2. The largest absolute Gasteiger partial charge is 0.324 e. The van der Waals surface area contributed by atoms with Crippen LogP contribution in [-0.2, 0) is 6.42 Å². The maximum absolute atomic E-state index is 6.23. The Morgan fingerprint density at radius 2 is 1.83 bits per heavy atom. The molecule has 4 heteroatoms. The van der Waals surface area contributed by atoms with Gasteiger partial charge in [-0.15, -0.1) is 0 Å². The molecule has 0 aliphatic rings. The number of hydrogen-bond acceptors (Lipinski definition) is 1. The van der Waals surface area contributed by atoms with E-state index in [0.29, 0.717) is 5.02 Å². The molecule has 0 fully saturated rings. The van der Waals surface area contributed by atoms with E-state index in [9.17, 15) is 0 Å². The van der Waals surface area contributed by atoms with Crippen molar-refractivity contribution in [1.29, 1.82) is 0 Å². The highest BCUT2D eigenvalue weighted by atomic mass is 79.9. The minimum Gasteiger partial charge on any atom is -0.324 e. The first-order valence-electron chi connectivity index (χ1n) is 5.51. The Kier molecular flexibility index (Phi) is 4.84. The predicted molar refractivity (Wildman–Crippen MR) is 83.9 cm³/mol. The van der Waals surface area contributed by atoms with Gasteiger partial charge in [0.05, 0.1) is 0 Å². The van der Waals surface area contributed by atoms with Gasteiger partial charge >= 0.3 is 0 Å². The summed E-state index contributed by atoms with van der Waals surface area (Å²) in [7, 11) is 0. The van der Waals surface area contributed by atoms with Crippen LogP contribution in [0.5, 0.6) is 0 Å².